The molecule has 1 aromatic rings. The fourth-order valence-corrected chi connectivity index (χ4v) is 1.48. The van der Waals surface area contributed by atoms with Crippen LogP contribution in [0.4, 0.5) is 8.78 Å². The molecule has 0 aliphatic heterocycles. The molecular formula is C12H17F2NO2. The standard InChI is InChI=1S/C12H17F2NO2/c1-7(16)6-15-8(2)12(17)10-5-9(13)3-4-11(10)14/h3-5,7-8,12,15-17H,6H2,1-2H3. The number of nitrogens with one attached hydrogen (secondary N) is 1. The van der Waals surface area contributed by atoms with Crippen LogP contribution in [-0.4, -0.2) is 28.9 Å². The molecule has 5 heteroatoms. The minimum atomic E-state index is -1.16. The number of aliphatic hydroxyl groups is 2. The van der Waals surface area contributed by atoms with Gasteiger partial charge in [0.1, 0.15) is 11.6 Å². The third-order valence-electron chi connectivity index (χ3n) is 2.49. The van der Waals surface area contributed by atoms with Gasteiger partial charge < -0.3 is 15.5 Å². The second-order valence-corrected chi connectivity index (χ2v) is 4.16. The van der Waals surface area contributed by atoms with E-state index in [-0.39, 0.29) is 12.1 Å². The van der Waals surface area contributed by atoms with E-state index in [0.29, 0.717) is 0 Å². The first-order valence-electron chi connectivity index (χ1n) is 5.46. The Morgan fingerprint density at radius 1 is 1.24 bits per heavy atom. The summed E-state index contributed by atoms with van der Waals surface area (Å²) in [6.07, 6.45) is -1.73. The van der Waals surface area contributed by atoms with Gasteiger partial charge in [-0.3, -0.25) is 0 Å². The van der Waals surface area contributed by atoms with Gasteiger partial charge in [0.25, 0.3) is 0 Å². The molecule has 0 saturated heterocycles. The predicted octanol–water partition coefficient (Wildman–Crippen LogP) is 1.36. The molecule has 0 radical (unpaired) electrons. The fraction of sp³-hybridized carbons (Fsp3) is 0.500. The summed E-state index contributed by atoms with van der Waals surface area (Å²) in [7, 11) is 0. The van der Waals surface area contributed by atoms with Crippen molar-refractivity contribution in [2.75, 3.05) is 6.54 Å². The van der Waals surface area contributed by atoms with Crippen LogP contribution in [0.5, 0.6) is 0 Å². The van der Waals surface area contributed by atoms with Crippen molar-refractivity contribution in [2.24, 2.45) is 0 Å². The van der Waals surface area contributed by atoms with E-state index >= 15 is 0 Å². The monoisotopic (exact) mass is 245 g/mol. The third-order valence-corrected chi connectivity index (χ3v) is 2.49. The molecule has 0 aliphatic rings. The van der Waals surface area contributed by atoms with E-state index in [1.54, 1.807) is 13.8 Å². The van der Waals surface area contributed by atoms with Gasteiger partial charge in [-0.2, -0.15) is 0 Å². The predicted molar refractivity (Wildman–Crippen MR) is 60.5 cm³/mol. The molecule has 0 amide bonds. The highest BCUT2D eigenvalue weighted by molar-refractivity contribution is 5.22. The molecule has 3 nitrogen and oxygen atoms in total. The summed E-state index contributed by atoms with van der Waals surface area (Å²) >= 11 is 0. The first-order chi connectivity index (χ1) is 7.91. The van der Waals surface area contributed by atoms with Crippen molar-refractivity contribution in [3.8, 4) is 0 Å². The van der Waals surface area contributed by atoms with Crippen molar-refractivity contribution in [3.05, 3.63) is 35.4 Å². The smallest absolute Gasteiger partial charge is 0.129 e. The lowest BCUT2D eigenvalue weighted by atomic mass is 10.0. The average molecular weight is 245 g/mol. The number of hydrogen-bond donors (Lipinski definition) is 3. The highest BCUT2D eigenvalue weighted by Gasteiger charge is 2.20. The molecule has 3 N–H and O–H groups in total. The molecule has 17 heavy (non-hydrogen) atoms. The van der Waals surface area contributed by atoms with Crippen molar-refractivity contribution in [1.29, 1.82) is 0 Å². The fourth-order valence-electron chi connectivity index (χ4n) is 1.48. The lowest BCUT2D eigenvalue weighted by Gasteiger charge is -2.21. The second-order valence-electron chi connectivity index (χ2n) is 4.16. The number of hydrogen-bond acceptors (Lipinski definition) is 3. The minimum Gasteiger partial charge on any atom is -0.392 e. The molecular weight excluding hydrogens is 228 g/mol. The maximum absolute atomic E-state index is 13.4. The summed E-state index contributed by atoms with van der Waals surface area (Å²) in [5.74, 6) is -1.24. The van der Waals surface area contributed by atoms with Crippen LogP contribution in [0.15, 0.2) is 18.2 Å². The lowest BCUT2D eigenvalue weighted by molar-refractivity contribution is 0.117. The SMILES string of the molecule is CC(O)CNC(C)C(O)c1cc(F)ccc1F. The molecule has 0 bridgehead atoms. The van der Waals surface area contributed by atoms with Gasteiger partial charge in [0, 0.05) is 18.2 Å². The van der Waals surface area contributed by atoms with Crippen LogP contribution in [0.25, 0.3) is 0 Å². The summed E-state index contributed by atoms with van der Waals surface area (Å²) in [4.78, 5) is 0. The zero-order valence-corrected chi connectivity index (χ0v) is 9.82. The quantitative estimate of drug-likeness (QED) is 0.734. The molecule has 0 aromatic heterocycles. The molecule has 0 aliphatic carbocycles. The number of benzene rings is 1. The van der Waals surface area contributed by atoms with Gasteiger partial charge >= 0.3 is 0 Å². The Bertz CT molecular complexity index is 372. The van der Waals surface area contributed by atoms with Crippen LogP contribution in [0, 0.1) is 11.6 Å². The van der Waals surface area contributed by atoms with E-state index in [1.165, 1.54) is 0 Å². The largest absolute Gasteiger partial charge is 0.392 e. The van der Waals surface area contributed by atoms with E-state index in [2.05, 4.69) is 5.32 Å². The Balaban J connectivity index is 2.74. The molecule has 3 atom stereocenters. The van der Waals surface area contributed by atoms with E-state index in [4.69, 9.17) is 5.11 Å². The van der Waals surface area contributed by atoms with Crippen LogP contribution in [0.3, 0.4) is 0 Å². The Morgan fingerprint density at radius 3 is 2.47 bits per heavy atom. The topological polar surface area (TPSA) is 52.5 Å². The highest BCUT2D eigenvalue weighted by Crippen LogP contribution is 2.21. The van der Waals surface area contributed by atoms with Gasteiger partial charge in [0.15, 0.2) is 0 Å². The second kappa shape index (κ2) is 6.05. The summed E-state index contributed by atoms with van der Waals surface area (Å²) in [5, 5.41) is 21.8. The van der Waals surface area contributed by atoms with Crippen LogP contribution in [-0.2, 0) is 0 Å². The normalized spacial score (nSPS) is 16.6. The van der Waals surface area contributed by atoms with Crippen LogP contribution >= 0.6 is 0 Å². The van der Waals surface area contributed by atoms with Gasteiger partial charge in [-0.05, 0) is 32.0 Å². The summed E-state index contributed by atoms with van der Waals surface area (Å²) < 4.78 is 26.3. The lowest BCUT2D eigenvalue weighted by Crippen LogP contribution is -2.37. The molecule has 0 spiro atoms. The minimum absolute atomic E-state index is 0.0874. The summed E-state index contributed by atoms with van der Waals surface area (Å²) in [5.41, 5.74) is -0.0874. The van der Waals surface area contributed by atoms with Gasteiger partial charge in [-0.25, -0.2) is 8.78 Å². The van der Waals surface area contributed by atoms with Crippen LogP contribution < -0.4 is 5.32 Å². The van der Waals surface area contributed by atoms with E-state index in [0.717, 1.165) is 18.2 Å². The first kappa shape index (κ1) is 14.0. The number of aliphatic hydroxyl groups excluding tert-OH is 2. The van der Waals surface area contributed by atoms with Crippen molar-refractivity contribution in [1.82, 2.24) is 5.32 Å². The number of halogens is 2. The zero-order valence-electron chi connectivity index (χ0n) is 9.82. The van der Waals surface area contributed by atoms with Crippen LogP contribution in [0.2, 0.25) is 0 Å². The summed E-state index contributed by atoms with van der Waals surface area (Å²) in [6, 6.07) is 2.47. The van der Waals surface area contributed by atoms with E-state index in [9.17, 15) is 13.9 Å². The van der Waals surface area contributed by atoms with Crippen molar-refractivity contribution in [3.63, 3.8) is 0 Å². The van der Waals surface area contributed by atoms with Crippen molar-refractivity contribution >= 4 is 0 Å². The van der Waals surface area contributed by atoms with Gasteiger partial charge in [0.2, 0.25) is 0 Å². The molecule has 0 heterocycles. The van der Waals surface area contributed by atoms with Crippen molar-refractivity contribution < 1.29 is 19.0 Å². The maximum Gasteiger partial charge on any atom is 0.129 e. The van der Waals surface area contributed by atoms with Gasteiger partial charge in [0.05, 0.1) is 12.2 Å². The number of rotatable bonds is 5. The molecule has 1 rings (SSSR count). The average Bonchev–Trinajstić information content (AvgIpc) is 2.28. The Kier molecular flexibility index (Phi) is 4.99. The maximum atomic E-state index is 13.4. The molecule has 3 unspecified atom stereocenters. The van der Waals surface area contributed by atoms with E-state index in [1.807, 2.05) is 0 Å². The van der Waals surface area contributed by atoms with Crippen molar-refractivity contribution in [2.45, 2.75) is 32.1 Å². The van der Waals surface area contributed by atoms with Gasteiger partial charge in [-0.1, -0.05) is 0 Å². The van der Waals surface area contributed by atoms with E-state index < -0.39 is 29.9 Å². The Hall–Kier alpha value is -1.04. The highest BCUT2D eigenvalue weighted by atomic mass is 19.1. The van der Waals surface area contributed by atoms with Gasteiger partial charge in [-0.15, -0.1) is 0 Å². The molecule has 1 aromatic carbocycles. The summed E-state index contributed by atoms with van der Waals surface area (Å²) in [6.45, 7) is 3.50. The zero-order chi connectivity index (χ0) is 13.0. The van der Waals surface area contributed by atoms with Crippen LogP contribution in [0.1, 0.15) is 25.5 Å². The molecule has 0 saturated carbocycles. The molecule has 96 valence electrons. The Labute approximate surface area is 99.1 Å². The molecule has 0 fully saturated rings. The third kappa shape index (κ3) is 4.03. The Morgan fingerprint density at radius 2 is 1.88 bits per heavy atom. The first-order valence-corrected chi connectivity index (χ1v) is 5.46.